The Morgan fingerprint density at radius 2 is 1.81 bits per heavy atom. The van der Waals surface area contributed by atoms with Gasteiger partial charge in [0.05, 0.1) is 0 Å². The predicted octanol–water partition coefficient (Wildman–Crippen LogP) is 3.79. The second-order valence-electron chi connectivity index (χ2n) is 3.92. The molecule has 0 N–H and O–H groups in total. The molecule has 90 valence electrons. The van der Waals surface area contributed by atoms with E-state index in [1.165, 1.54) is 5.56 Å². The third kappa shape index (κ3) is 4.23. The topological polar surface area (TPSA) is 18.5 Å². The summed E-state index contributed by atoms with van der Waals surface area (Å²) in [7, 11) is 1.70. The molecule has 0 spiro atoms. The molecule has 0 aromatic heterocycles. The molecule has 1 aromatic carbocycles. The predicted molar refractivity (Wildman–Crippen MR) is 66.8 cm³/mol. The number of aryl methyl sites for hydroxylation is 1. The first-order chi connectivity index (χ1) is 7.80. The first-order valence-corrected chi connectivity index (χ1v) is 6.08. The van der Waals surface area contributed by atoms with E-state index in [0.717, 1.165) is 31.4 Å². The Kier molecular flexibility index (Phi) is 5.94. The molecule has 0 aliphatic carbocycles. The van der Waals surface area contributed by atoms with E-state index >= 15 is 0 Å². The summed E-state index contributed by atoms with van der Waals surface area (Å²) in [5.41, 5.74) is 1.33. The second-order valence-corrected chi connectivity index (χ2v) is 3.92. The quantitative estimate of drug-likeness (QED) is 0.653. The second kappa shape index (κ2) is 7.29. The molecule has 0 heterocycles. The Morgan fingerprint density at radius 1 is 1.12 bits per heavy atom. The van der Waals surface area contributed by atoms with Gasteiger partial charge in [-0.1, -0.05) is 32.4 Å². The van der Waals surface area contributed by atoms with Crippen molar-refractivity contribution in [2.24, 2.45) is 0 Å². The molecule has 1 rings (SSSR count). The van der Waals surface area contributed by atoms with Crippen LogP contribution >= 0.6 is 0 Å². The van der Waals surface area contributed by atoms with Crippen molar-refractivity contribution < 1.29 is 9.47 Å². The number of hydrogen-bond donors (Lipinski definition) is 0. The van der Waals surface area contributed by atoms with Crippen molar-refractivity contribution >= 4 is 0 Å². The molecule has 2 nitrogen and oxygen atoms in total. The molecule has 1 atom stereocenters. The number of benzene rings is 1. The Hall–Kier alpha value is -1.02. The summed E-state index contributed by atoms with van der Waals surface area (Å²) in [5.74, 6) is 0.889. The fourth-order valence-electron chi connectivity index (χ4n) is 1.55. The van der Waals surface area contributed by atoms with Crippen LogP contribution in [0, 0.1) is 0 Å². The van der Waals surface area contributed by atoms with Crippen LogP contribution in [0.2, 0.25) is 0 Å². The van der Waals surface area contributed by atoms with Gasteiger partial charge in [-0.15, -0.1) is 0 Å². The van der Waals surface area contributed by atoms with Crippen LogP contribution in [0.25, 0.3) is 0 Å². The summed E-state index contributed by atoms with van der Waals surface area (Å²) < 4.78 is 11.0. The summed E-state index contributed by atoms with van der Waals surface area (Å²) in [6.45, 7) is 4.32. The van der Waals surface area contributed by atoms with Gasteiger partial charge in [0.2, 0.25) is 0 Å². The van der Waals surface area contributed by atoms with Crippen LogP contribution in [0.15, 0.2) is 24.3 Å². The summed E-state index contributed by atoms with van der Waals surface area (Å²) in [6, 6.07) is 8.22. The van der Waals surface area contributed by atoms with E-state index in [1.807, 2.05) is 12.1 Å². The summed E-state index contributed by atoms with van der Waals surface area (Å²) in [5, 5.41) is 0. The zero-order valence-corrected chi connectivity index (χ0v) is 10.5. The summed E-state index contributed by atoms with van der Waals surface area (Å²) >= 11 is 0. The molecule has 0 amide bonds. The average Bonchev–Trinajstić information content (AvgIpc) is 2.35. The van der Waals surface area contributed by atoms with E-state index in [4.69, 9.17) is 9.47 Å². The third-order valence-electron chi connectivity index (χ3n) is 2.66. The van der Waals surface area contributed by atoms with Gasteiger partial charge >= 0.3 is 0 Å². The summed E-state index contributed by atoms with van der Waals surface area (Å²) in [6.07, 6.45) is 4.18. The minimum Gasteiger partial charge on any atom is -0.465 e. The molecule has 1 unspecified atom stereocenters. The van der Waals surface area contributed by atoms with Crippen molar-refractivity contribution in [3.8, 4) is 5.75 Å². The van der Waals surface area contributed by atoms with Gasteiger partial charge in [0.25, 0.3) is 0 Å². The maximum atomic E-state index is 5.74. The molecule has 0 saturated heterocycles. The van der Waals surface area contributed by atoms with Crippen LogP contribution in [-0.4, -0.2) is 13.4 Å². The minimum atomic E-state index is -0.118. The first kappa shape index (κ1) is 13.0. The van der Waals surface area contributed by atoms with Gasteiger partial charge in [0, 0.05) is 13.5 Å². The molecule has 0 fully saturated rings. The highest BCUT2D eigenvalue weighted by molar-refractivity contribution is 5.27. The van der Waals surface area contributed by atoms with E-state index in [1.54, 1.807) is 7.11 Å². The standard InChI is InChI=1S/C14H22O2/c1-4-6-7-14(15-3)16-13-10-8-12(5-2)9-11-13/h8-11,14H,4-7H2,1-3H3. The van der Waals surface area contributed by atoms with Gasteiger partial charge in [-0.25, -0.2) is 0 Å². The number of rotatable bonds is 7. The lowest BCUT2D eigenvalue weighted by Gasteiger charge is -2.17. The molecule has 0 aliphatic rings. The zero-order chi connectivity index (χ0) is 11.8. The highest BCUT2D eigenvalue weighted by atomic mass is 16.7. The number of methoxy groups -OCH3 is 1. The third-order valence-corrected chi connectivity index (χ3v) is 2.66. The van der Waals surface area contributed by atoms with Crippen LogP contribution in [0.4, 0.5) is 0 Å². The van der Waals surface area contributed by atoms with Gasteiger partial charge in [0.15, 0.2) is 6.29 Å². The number of unbranched alkanes of at least 4 members (excludes halogenated alkanes) is 1. The highest BCUT2D eigenvalue weighted by Gasteiger charge is 2.07. The van der Waals surface area contributed by atoms with Crippen molar-refractivity contribution in [3.63, 3.8) is 0 Å². The van der Waals surface area contributed by atoms with E-state index in [9.17, 15) is 0 Å². The maximum absolute atomic E-state index is 5.74. The Morgan fingerprint density at radius 3 is 2.31 bits per heavy atom. The van der Waals surface area contributed by atoms with Crippen LogP contribution in [0.5, 0.6) is 5.75 Å². The first-order valence-electron chi connectivity index (χ1n) is 6.08. The lowest BCUT2D eigenvalue weighted by atomic mass is 10.2. The molecule has 1 aromatic rings. The SMILES string of the molecule is CCCCC(OC)Oc1ccc(CC)cc1. The Balaban J connectivity index is 2.49. The smallest absolute Gasteiger partial charge is 0.199 e. The molecule has 2 heteroatoms. The molecule has 0 saturated carbocycles. The number of ether oxygens (including phenoxy) is 2. The molecular formula is C14H22O2. The normalized spacial score (nSPS) is 12.4. The van der Waals surface area contributed by atoms with E-state index in [2.05, 4.69) is 26.0 Å². The number of hydrogen-bond acceptors (Lipinski definition) is 2. The Labute approximate surface area is 98.6 Å². The Bertz CT molecular complexity index is 279. The highest BCUT2D eigenvalue weighted by Crippen LogP contribution is 2.16. The lowest BCUT2D eigenvalue weighted by Crippen LogP contribution is -2.18. The van der Waals surface area contributed by atoms with Crippen molar-refractivity contribution in [3.05, 3.63) is 29.8 Å². The van der Waals surface area contributed by atoms with Crippen molar-refractivity contribution in [2.75, 3.05) is 7.11 Å². The van der Waals surface area contributed by atoms with E-state index < -0.39 is 0 Å². The molecular weight excluding hydrogens is 200 g/mol. The monoisotopic (exact) mass is 222 g/mol. The van der Waals surface area contributed by atoms with Crippen LogP contribution in [0.3, 0.4) is 0 Å². The van der Waals surface area contributed by atoms with Crippen LogP contribution in [0.1, 0.15) is 38.7 Å². The average molecular weight is 222 g/mol. The molecule has 0 radical (unpaired) electrons. The fourth-order valence-corrected chi connectivity index (χ4v) is 1.55. The maximum Gasteiger partial charge on any atom is 0.199 e. The molecule has 0 aliphatic heterocycles. The van der Waals surface area contributed by atoms with Crippen molar-refractivity contribution in [2.45, 2.75) is 45.8 Å². The zero-order valence-electron chi connectivity index (χ0n) is 10.5. The minimum absolute atomic E-state index is 0.118. The van der Waals surface area contributed by atoms with Crippen LogP contribution < -0.4 is 4.74 Å². The fraction of sp³-hybridized carbons (Fsp3) is 0.571. The van der Waals surface area contributed by atoms with Gasteiger partial charge in [-0.3, -0.25) is 0 Å². The van der Waals surface area contributed by atoms with Gasteiger partial charge in [0.1, 0.15) is 5.75 Å². The van der Waals surface area contributed by atoms with E-state index in [0.29, 0.717) is 0 Å². The largest absolute Gasteiger partial charge is 0.465 e. The van der Waals surface area contributed by atoms with Gasteiger partial charge in [-0.2, -0.15) is 0 Å². The van der Waals surface area contributed by atoms with Crippen molar-refractivity contribution in [1.29, 1.82) is 0 Å². The van der Waals surface area contributed by atoms with Gasteiger partial charge < -0.3 is 9.47 Å². The lowest BCUT2D eigenvalue weighted by molar-refractivity contribution is -0.0592. The van der Waals surface area contributed by atoms with Crippen molar-refractivity contribution in [1.82, 2.24) is 0 Å². The van der Waals surface area contributed by atoms with Crippen LogP contribution in [-0.2, 0) is 11.2 Å². The van der Waals surface area contributed by atoms with Gasteiger partial charge in [-0.05, 0) is 30.5 Å². The summed E-state index contributed by atoms with van der Waals surface area (Å²) in [4.78, 5) is 0. The van der Waals surface area contributed by atoms with E-state index in [-0.39, 0.29) is 6.29 Å². The molecule has 0 bridgehead atoms. The molecule has 16 heavy (non-hydrogen) atoms.